The molecule has 1 aromatic rings. The predicted molar refractivity (Wildman–Crippen MR) is 60.8 cm³/mol. The second kappa shape index (κ2) is 4.90. The van der Waals surface area contributed by atoms with Gasteiger partial charge in [0.1, 0.15) is 5.82 Å². The Morgan fingerprint density at radius 3 is 2.53 bits per heavy atom. The molecule has 1 fully saturated rings. The molecule has 82 valence electrons. The molecule has 1 aromatic heterocycles. The number of rotatable bonds is 4. The van der Waals surface area contributed by atoms with Gasteiger partial charge in [0.2, 0.25) is 0 Å². The van der Waals surface area contributed by atoms with E-state index in [0.29, 0.717) is 12.4 Å². The van der Waals surface area contributed by atoms with Crippen molar-refractivity contribution in [3.05, 3.63) is 24.3 Å². The lowest BCUT2D eigenvalue weighted by molar-refractivity contribution is 0.363. The molecular weight excluding hydrogens is 210 g/mol. The molecule has 0 radical (unpaired) electrons. The van der Waals surface area contributed by atoms with Crippen LogP contribution in [0.15, 0.2) is 18.5 Å². The first-order valence-corrected chi connectivity index (χ1v) is 5.95. The number of halogens is 1. The summed E-state index contributed by atoms with van der Waals surface area (Å²) in [6, 6.07) is 1.83. The van der Waals surface area contributed by atoms with Crippen molar-refractivity contribution in [3.8, 4) is 0 Å². The third-order valence-electron chi connectivity index (χ3n) is 3.06. The molecular formula is C11H16ClN3. The van der Waals surface area contributed by atoms with Crippen molar-refractivity contribution in [3.63, 3.8) is 0 Å². The molecule has 0 spiro atoms. The van der Waals surface area contributed by atoms with Crippen LogP contribution in [-0.2, 0) is 6.54 Å². The van der Waals surface area contributed by atoms with Gasteiger partial charge in [0.05, 0.1) is 6.54 Å². The molecule has 0 unspecified atom stereocenters. The van der Waals surface area contributed by atoms with Gasteiger partial charge in [0.25, 0.3) is 0 Å². The molecule has 1 N–H and O–H groups in total. The van der Waals surface area contributed by atoms with Gasteiger partial charge in [-0.3, -0.25) is 0 Å². The van der Waals surface area contributed by atoms with E-state index >= 15 is 0 Å². The van der Waals surface area contributed by atoms with Crippen LogP contribution >= 0.6 is 11.6 Å². The van der Waals surface area contributed by atoms with Crippen molar-refractivity contribution in [1.82, 2.24) is 15.3 Å². The summed E-state index contributed by atoms with van der Waals surface area (Å²) in [6.07, 6.45) is 8.43. The number of nitrogens with zero attached hydrogens (tertiary/aromatic N) is 2. The Bertz CT molecular complexity index is 296. The standard InChI is InChI=1S/C11H16ClN3/c12-9-11(4-1-2-5-11)15-8-10-13-6-3-7-14-10/h3,6-7,15H,1-2,4-5,8-9H2. The molecule has 0 aromatic carbocycles. The molecule has 0 bridgehead atoms. The second-order valence-corrected chi connectivity index (χ2v) is 4.41. The summed E-state index contributed by atoms with van der Waals surface area (Å²) >= 11 is 6.03. The molecule has 0 amide bonds. The number of aromatic nitrogens is 2. The van der Waals surface area contributed by atoms with Gasteiger partial charge in [0.15, 0.2) is 0 Å². The zero-order valence-electron chi connectivity index (χ0n) is 8.75. The summed E-state index contributed by atoms with van der Waals surface area (Å²) in [4.78, 5) is 8.38. The number of hydrogen-bond acceptors (Lipinski definition) is 3. The van der Waals surface area contributed by atoms with Crippen molar-refractivity contribution in [1.29, 1.82) is 0 Å². The lowest BCUT2D eigenvalue weighted by Crippen LogP contribution is -2.44. The summed E-state index contributed by atoms with van der Waals surface area (Å²) in [6.45, 7) is 0.716. The van der Waals surface area contributed by atoms with Crippen molar-refractivity contribution in [2.45, 2.75) is 37.8 Å². The second-order valence-electron chi connectivity index (χ2n) is 4.14. The lowest BCUT2D eigenvalue weighted by atomic mass is 10.0. The average Bonchev–Trinajstić information content (AvgIpc) is 2.77. The first kappa shape index (κ1) is 10.8. The minimum absolute atomic E-state index is 0.126. The van der Waals surface area contributed by atoms with E-state index in [4.69, 9.17) is 11.6 Å². The zero-order chi connectivity index (χ0) is 10.6. The van der Waals surface area contributed by atoms with Crippen molar-refractivity contribution >= 4 is 11.6 Å². The molecule has 0 aliphatic heterocycles. The average molecular weight is 226 g/mol. The largest absolute Gasteiger partial charge is 0.303 e. The number of alkyl halides is 1. The Labute approximate surface area is 95.3 Å². The molecule has 2 rings (SSSR count). The summed E-state index contributed by atoms with van der Waals surface area (Å²) in [5.74, 6) is 1.52. The van der Waals surface area contributed by atoms with E-state index in [0.717, 1.165) is 5.82 Å². The van der Waals surface area contributed by atoms with E-state index in [-0.39, 0.29) is 5.54 Å². The molecule has 4 heteroatoms. The first-order chi connectivity index (χ1) is 7.35. The minimum atomic E-state index is 0.126. The first-order valence-electron chi connectivity index (χ1n) is 5.42. The maximum atomic E-state index is 6.03. The van der Waals surface area contributed by atoms with Crippen LogP contribution in [0.1, 0.15) is 31.5 Å². The third kappa shape index (κ3) is 2.67. The highest BCUT2D eigenvalue weighted by molar-refractivity contribution is 6.18. The van der Waals surface area contributed by atoms with Crippen molar-refractivity contribution in [2.75, 3.05) is 5.88 Å². The lowest BCUT2D eigenvalue weighted by Gasteiger charge is -2.27. The number of nitrogens with one attached hydrogen (secondary N) is 1. The smallest absolute Gasteiger partial charge is 0.141 e. The highest BCUT2D eigenvalue weighted by Gasteiger charge is 2.32. The van der Waals surface area contributed by atoms with Crippen LogP contribution in [0.5, 0.6) is 0 Å². The SMILES string of the molecule is ClCC1(NCc2ncccn2)CCCC1. The van der Waals surface area contributed by atoms with Crippen LogP contribution in [0.2, 0.25) is 0 Å². The number of hydrogen-bond donors (Lipinski definition) is 1. The monoisotopic (exact) mass is 225 g/mol. The van der Waals surface area contributed by atoms with Crippen LogP contribution in [0.25, 0.3) is 0 Å². The van der Waals surface area contributed by atoms with E-state index in [1.165, 1.54) is 25.7 Å². The Hall–Kier alpha value is -0.670. The quantitative estimate of drug-likeness (QED) is 0.798. The molecule has 15 heavy (non-hydrogen) atoms. The summed E-state index contributed by atoms with van der Waals surface area (Å²) in [7, 11) is 0. The fourth-order valence-corrected chi connectivity index (χ4v) is 2.46. The molecule has 1 aliphatic rings. The summed E-state index contributed by atoms with van der Waals surface area (Å²) < 4.78 is 0. The molecule has 0 saturated heterocycles. The summed E-state index contributed by atoms with van der Waals surface area (Å²) in [5, 5.41) is 3.50. The van der Waals surface area contributed by atoms with Gasteiger partial charge in [-0.2, -0.15) is 0 Å². The third-order valence-corrected chi connectivity index (χ3v) is 3.57. The minimum Gasteiger partial charge on any atom is -0.303 e. The molecule has 0 atom stereocenters. The molecule has 1 saturated carbocycles. The highest BCUT2D eigenvalue weighted by atomic mass is 35.5. The molecule has 3 nitrogen and oxygen atoms in total. The Morgan fingerprint density at radius 1 is 1.27 bits per heavy atom. The van der Waals surface area contributed by atoms with E-state index in [1.807, 2.05) is 6.07 Å². The maximum Gasteiger partial charge on any atom is 0.141 e. The highest BCUT2D eigenvalue weighted by Crippen LogP contribution is 2.30. The topological polar surface area (TPSA) is 37.8 Å². The van der Waals surface area contributed by atoms with Crippen LogP contribution in [0.3, 0.4) is 0 Å². The Balaban J connectivity index is 1.92. The predicted octanol–water partition coefficient (Wildman–Crippen LogP) is 2.12. The molecule has 1 heterocycles. The van der Waals surface area contributed by atoms with Gasteiger partial charge in [-0.05, 0) is 18.9 Å². The Morgan fingerprint density at radius 2 is 1.93 bits per heavy atom. The van der Waals surface area contributed by atoms with E-state index in [1.54, 1.807) is 12.4 Å². The van der Waals surface area contributed by atoms with Gasteiger partial charge in [0, 0.05) is 23.8 Å². The maximum absolute atomic E-state index is 6.03. The van der Waals surface area contributed by atoms with Crippen LogP contribution in [0, 0.1) is 0 Å². The van der Waals surface area contributed by atoms with Crippen LogP contribution in [-0.4, -0.2) is 21.4 Å². The van der Waals surface area contributed by atoms with Crippen LogP contribution < -0.4 is 5.32 Å². The zero-order valence-corrected chi connectivity index (χ0v) is 9.50. The Kier molecular flexibility index (Phi) is 3.54. The van der Waals surface area contributed by atoms with Gasteiger partial charge >= 0.3 is 0 Å². The van der Waals surface area contributed by atoms with Gasteiger partial charge in [-0.1, -0.05) is 12.8 Å². The van der Waals surface area contributed by atoms with E-state index in [9.17, 15) is 0 Å². The van der Waals surface area contributed by atoms with E-state index in [2.05, 4.69) is 15.3 Å². The van der Waals surface area contributed by atoms with Gasteiger partial charge < -0.3 is 5.32 Å². The van der Waals surface area contributed by atoms with Gasteiger partial charge in [-0.15, -0.1) is 11.6 Å². The van der Waals surface area contributed by atoms with E-state index < -0.39 is 0 Å². The summed E-state index contributed by atoms with van der Waals surface area (Å²) in [5.41, 5.74) is 0.126. The van der Waals surface area contributed by atoms with Gasteiger partial charge in [-0.25, -0.2) is 9.97 Å². The van der Waals surface area contributed by atoms with Crippen molar-refractivity contribution in [2.24, 2.45) is 0 Å². The fourth-order valence-electron chi connectivity index (χ4n) is 2.10. The normalized spacial score (nSPS) is 19.3. The van der Waals surface area contributed by atoms with Crippen molar-refractivity contribution < 1.29 is 0 Å². The molecule has 1 aliphatic carbocycles. The fraction of sp³-hybridized carbons (Fsp3) is 0.636. The van der Waals surface area contributed by atoms with Crippen LogP contribution in [0.4, 0.5) is 0 Å².